The quantitative estimate of drug-likeness (QED) is 0.415. The molecule has 3 heterocycles. The van der Waals surface area contributed by atoms with Crippen LogP contribution >= 0.6 is 0 Å². The van der Waals surface area contributed by atoms with Crippen LogP contribution in [0.4, 0.5) is 13.2 Å². The molecule has 2 aromatic heterocycles. The van der Waals surface area contributed by atoms with Gasteiger partial charge >= 0.3 is 6.18 Å². The SMILES string of the molecule is CC(c1nc(-c2cccc(C(F)(F)F)c2)no1)N1CCN(C(=O)Cc2noc3ccccc23)CC1. The summed E-state index contributed by atoms with van der Waals surface area (Å²) >= 11 is 0. The normalized spacial score (nSPS) is 16.1. The summed E-state index contributed by atoms with van der Waals surface area (Å²) in [4.78, 5) is 21.0. The van der Waals surface area contributed by atoms with Crippen LogP contribution < -0.4 is 0 Å². The second-order valence-electron chi connectivity index (χ2n) is 8.43. The van der Waals surface area contributed by atoms with Gasteiger partial charge in [-0.3, -0.25) is 9.69 Å². The first-order valence-electron chi connectivity index (χ1n) is 11.2. The van der Waals surface area contributed by atoms with Crippen molar-refractivity contribution in [3.63, 3.8) is 0 Å². The second kappa shape index (κ2) is 9.14. The van der Waals surface area contributed by atoms with Crippen LogP contribution in [0.2, 0.25) is 0 Å². The Morgan fingerprint density at radius 1 is 1.03 bits per heavy atom. The largest absolute Gasteiger partial charge is 0.416 e. The van der Waals surface area contributed by atoms with E-state index in [1.54, 1.807) is 4.90 Å². The van der Waals surface area contributed by atoms with Crippen LogP contribution in [0.3, 0.4) is 0 Å². The van der Waals surface area contributed by atoms with Gasteiger partial charge in [-0.05, 0) is 31.2 Å². The Labute approximate surface area is 198 Å². The first-order valence-corrected chi connectivity index (χ1v) is 11.2. The topological polar surface area (TPSA) is 88.5 Å². The number of fused-ring (bicyclic) bond motifs is 1. The predicted molar refractivity (Wildman–Crippen MR) is 119 cm³/mol. The van der Waals surface area contributed by atoms with Gasteiger partial charge in [0.15, 0.2) is 5.58 Å². The molecule has 0 radical (unpaired) electrons. The van der Waals surface area contributed by atoms with Crippen molar-refractivity contribution in [3.05, 3.63) is 65.7 Å². The molecule has 1 amide bonds. The van der Waals surface area contributed by atoms with E-state index in [4.69, 9.17) is 9.05 Å². The fourth-order valence-corrected chi connectivity index (χ4v) is 4.19. The third kappa shape index (κ3) is 4.76. The average molecular weight is 485 g/mol. The van der Waals surface area contributed by atoms with Crippen LogP contribution in [-0.2, 0) is 17.4 Å². The van der Waals surface area contributed by atoms with E-state index in [2.05, 4.69) is 20.2 Å². The third-order valence-corrected chi connectivity index (χ3v) is 6.23. The van der Waals surface area contributed by atoms with Crippen molar-refractivity contribution < 1.29 is 27.0 Å². The molecule has 1 aliphatic heterocycles. The van der Waals surface area contributed by atoms with E-state index >= 15 is 0 Å². The van der Waals surface area contributed by atoms with Crippen LogP contribution in [-0.4, -0.2) is 57.2 Å². The van der Waals surface area contributed by atoms with Crippen molar-refractivity contribution >= 4 is 16.9 Å². The number of benzene rings is 2. The minimum atomic E-state index is -4.45. The van der Waals surface area contributed by atoms with Gasteiger partial charge in [-0.2, -0.15) is 18.2 Å². The van der Waals surface area contributed by atoms with Crippen LogP contribution in [0.1, 0.15) is 30.1 Å². The molecule has 1 aliphatic rings. The van der Waals surface area contributed by atoms with Crippen LogP contribution in [0.25, 0.3) is 22.4 Å². The molecule has 2 aromatic carbocycles. The number of alkyl halides is 3. The number of hydrogen-bond acceptors (Lipinski definition) is 7. The van der Waals surface area contributed by atoms with Crippen molar-refractivity contribution in [1.29, 1.82) is 0 Å². The number of carbonyl (C=O) groups excluding carboxylic acids is 1. The molecule has 182 valence electrons. The molecule has 0 N–H and O–H groups in total. The highest BCUT2D eigenvalue weighted by atomic mass is 19.4. The molecule has 1 atom stereocenters. The number of aromatic nitrogens is 3. The molecule has 4 aromatic rings. The van der Waals surface area contributed by atoms with Crippen molar-refractivity contribution in [2.24, 2.45) is 0 Å². The van der Waals surface area contributed by atoms with E-state index in [9.17, 15) is 18.0 Å². The standard InChI is InChI=1S/C24H22F3N5O3/c1-15(23-28-22(30-35-23)16-5-4-6-17(13-16)24(25,26)27)31-9-11-32(12-10-31)21(33)14-19-18-7-2-3-8-20(18)34-29-19/h2-8,13,15H,9-12,14H2,1H3. The van der Waals surface area contributed by atoms with Gasteiger partial charge in [0.1, 0.15) is 5.69 Å². The summed E-state index contributed by atoms with van der Waals surface area (Å²) in [7, 11) is 0. The maximum atomic E-state index is 13.0. The Balaban J connectivity index is 1.20. The molecule has 8 nitrogen and oxygen atoms in total. The van der Waals surface area contributed by atoms with E-state index in [1.165, 1.54) is 12.1 Å². The van der Waals surface area contributed by atoms with E-state index < -0.39 is 11.7 Å². The molecular formula is C24H22F3N5O3. The van der Waals surface area contributed by atoms with E-state index in [0.717, 1.165) is 17.5 Å². The Morgan fingerprint density at radius 3 is 2.57 bits per heavy atom. The maximum Gasteiger partial charge on any atom is 0.416 e. The number of nitrogens with zero attached hydrogens (tertiary/aromatic N) is 5. The number of para-hydroxylation sites is 1. The summed E-state index contributed by atoms with van der Waals surface area (Å²) in [6.07, 6.45) is -4.29. The van der Waals surface area contributed by atoms with Crippen molar-refractivity contribution in [3.8, 4) is 11.4 Å². The summed E-state index contributed by atoms with van der Waals surface area (Å²) in [5.41, 5.74) is 0.735. The molecule has 1 fully saturated rings. The zero-order chi connectivity index (χ0) is 24.6. The van der Waals surface area contributed by atoms with E-state index in [0.29, 0.717) is 43.3 Å². The number of halogens is 3. The predicted octanol–water partition coefficient (Wildman–Crippen LogP) is 4.34. The van der Waals surface area contributed by atoms with Crippen molar-refractivity contribution in [2.75, 3.05) is 26.2 Å². The Morgan fingerprint density at radius 2 is 1.80 bits per heavy atom. The highest BCUT2D eigenvalue weighted by Gasteiger charge is 2.31. The molecule has 0 spiro atoms. The molecule has 0 aliphatic carbocycles. The number of carbonyl (C=O) groups is 1. The molecule has 1 unspecified atom stereocenters. The van der Waals surface area contributed by atoms with Gasteiger partial charge in [-0.15, -0.1) is 0 Å². The molecule has 0 bridgehead atoms. The minimum absolute atomic E-state index is 0.0269. The molecule has 0 saturated carbocycles. The molecule has 1 saturated heterocycles. The summed E-state index contributed by atoms with van der Waals surface area (Å²) < 4.78 is 49.7. The zero-order valence-electron chi connectivity index (χ0n) is 18.8. The molecule has 11 heteroatoms. The van der Waals surface area contributed by atoms with Gasteiger partial charge in [0, 0.05) is 37.1 Å². The smallest absolute Gasteiger partial charge is 0.356 e. The van der Waals surface area contributed by atoms with Crippen LogP contribution in [0, 0.1) is 0 Å². The lowest BCUT2D eigenvalue weighted by Gasteiger charge is -2.36. The summed E-state index contributed by atoms with van der Waals surface area (Å²) in [6, 6.07) is 12.0. The highest BCUT2D eigenvalue weighted by Crippen LogP contribution is 2.32. The Hall–Kier alpha value is -3.73. The lowest BCUT2D eigenvalue weighted by molar-refractivity contribution is -0.137. The van der Waals surface area contributed by atoms with E-state index in [-0.39, 0.29) is 29.8 Å². The zero-order valence-corrected chi connectivity index (χ0v) is 18.8. The molecule has 35 heavy (non-hydrogen) atoms. The van der Waals surface area contributed by atoms with Gasteiger partial charge in [0.05, 0.1) is 18.0 Å². The first kappa shape index (κ1) is 23.0. The minimum Gasteiger partial charge on any atom is -0.356 e. The van der Waals surface area contributed by atoms with Gasteiger partial charge in [-0.25, -0.2) is 0 Å². The number of rotatable bonds is 5. The van der Waals surface area contributed by atoms with Gasteiger partial charge in [0.2, 0.25) is 17.6 Å². The Kier molecular flexibility index (Phi) is 6.01. The third-order valence-electron chi connectivity index (χ3n) is 6.23. The summed E-state index contributed by atoms with van der Waals surface area (Å²) in [5.74, 6) is 0.388. The van der Waals surface area contributed by atoms with Gasteiger partial charge in [-0.1, -0.05) is 34.6 Å². The number of piperazine rings is 1. The van der Waals surface area contributed by atoms with Crippen LogP contribution in [0.15, 0.2) is 57.6 Å². The highest BCUT2D eigenvalue weighted by molar-refractivity contribution is 5.86. The maximum absolute atomic E-state index is 13.0. The second-order valence-corrected chi connectivity index (χ2v) is 8.43. The van der Waals surface area contributed by atoms with Gasteiger partial charge < -0.3 is 13.9 Å². The molecular weight excluding hydrogens is 463 g/mol. The monoisotopic (exact) mass is 485 g/mol. The summed E-state index contributed by atoms with van der Waals surface area (Å²) in [5, 5.41) is 8.75. The fourth-order valence-electron chi connectivity index (χ4n) is 4.19. The van der Waals surface area contributed by atoms with Crippen molar-refractivity contribution in [2.45, 2.75) is 25.6 Å². The van der Waals surface area contributed by atoms with Crippen molar-refractivity contribution in [1.82, 2.24) is 25.1 Å². The van der Waals surface area contributed by atoms with Crippen LogP contribution in [0.5, 0.6) is 0 Å². The summed E-state index contributed by atoms with van der Waals surface area (Å²) in [6.45, 7) is 4.12. The lowest BCUT2D eigenvalue weighted by atomic mass is 10.1. The fraction of sp³-hybridized carbons (Fsp3) is 0.333. The Bertz CT molecular complexity index is 1340. The first-order chi connectivity index (χ1) is 16.8. The number of hydrogen-bond donors (Lipinski definition) is 0. The van der Waals surface area contributed by atoms with Gasteiger partial charge in [0.25, 0.3) is 0 Å². The number of amides is 1. The lowest BCUT2D eigenvalue weighted by Crippen LogP contribution is -2.49. The average Bonchev–Trinajstić information content (AvgIpc) is 3.51. The molecule has 5 rings (SSSR count). The van der Waals surface area contributed by atoms with E-state index in [1.807, 2.05) is 31.2 Å².